The first kappa shape index (κ1) is 14.9. The van der Waals surface area contributed by atoms with E-state index in [1.807, 2.05) is 0 Å². The topological polar surface area (TPSA) is 118 Å². The van der Waals surface area contributed by atoms with Gasteiger partial charge in [-0.2, -0.15) is 0 Å². The van der Waals surface area contributed by atoms with E-state index in [9.17, 15) is 9.59 Å². The van der Waals surface area contributed by atoms with Crippen molar-refractivity contribution in [2.75, 3.05) is 18.1 Å². The molecule has 2 aromatic rings. The fraction of sp³-hybridized carbons (Fsp3) is 0.154. The lowest BCUT2D eigenvalue weighted by Crippen LogP contribution is -2.10. The van der Waals surface area contributed by atoms with E-state index in [1.165, 1.54) is 23.9 Å². The molecular weight excluding hydrogens is 294 g/mol. The smallest absolute Gasteiger partial charge is 0.339 e. The molecule has 1 heterocycles. The van der Waals surface area contributed by atoms with Crippen molar-refractivity contribution in [2.45, 2.75) is 5.16 Å². The number of nitrogens with zero attached hydrogens (tertiary/aromatic N) is 1. The lowest BCUT2D eigenvalue weighted by Gasteiger charge is -2.08. The first-order valence-electron chi connectivity index (χ1n) is 6.01. The number of H-pyrrole nitrogens is 1. The van der Waals surface area contributed by atoms with Gasteiger partial charge in [-0.05, 0) is 12.1 Å². The van der Waals surface area contributed by atoms with Gasteiger partial charge in [0.1, 0.15) is 17.1 Å². The Morgan fingerprint density at radius 2 is 2.19 bits per heavy atom. The molecule has 8 heteroatoms. The number of benzene rings is 1. The Hall–Kier alpha value is -2.48. The van der Waals surface area contributed by atoms with Gasteiger partial charge in [-0.25, -0.2) is 9.78 Å². The van der Waals surface area contributed by atoms with Gasteiger partial charge in [0.15, 0.2) is 5.16 Å². The van der Waals surface area contributed by atoms with Crippen molar-refractivity contribution in [3.05, 3.63) is 46.2 Å². The maximum absolute atomic E-state index is 11.2. The first-order chi connectivity index (χ1) is 10.1. The van der Waals surface area contributed by atoms with Crippen molar-refractivity contribution >= 4 is 23.5 Å². The third-order valence-electron chi connectivity index (χ3n) is 2.44. The van der Waals surface area contributed by atoms with Crippen molar-refractivity contribution in [3.63, 3.8) is 0 Å². The number of para-hydroxylation sites is 1. The third-order valence-corrected chi connectivity index (χ3v) is 3.27. The van der Waals surface area contributed by atoms with Crippen molar-refractivity contribution < 1.29 is 14.6 Å². The number of rotatable bonds is 6. The molecule has 0 aliphatic rings. The number of nitrogens with one attached hydrogen (secondary N) is 1. The van der Waals surface area contributed by atoms with Crippen LogP contribution >= 0.6 is 11.8 Å². The molecule has 0 fully saturated rings. The van der Waals surface area contributed by atoms with Gasteiger partial charge in [-0.15, -0.1) is 0 Å². The third kappa shape index (κ3) is 4.25. The number of nitrogen functional groups attached to an aromatic ring is 1. The van der Waals surface area contributed by atoms with Gasteiger partial charge in [0.05, 0.1) is 6.61 Å². The maximum atomic E-state index is 11.2. The van der Waals surface area contributed by atoms with E-state index in [1.54, 1.807) is 18.2 Å². The van der Waals surface area contributed by atoms with Gasteiger partial charge < -0.3 is 20.6 Å². The van der Waals surface area contributed by atoms with Crippen molar-refractivity contribution in [3.8, 4) is 5.75 Å². The molecule has 1 aromatic carbocycles. The van der Waals surface area contributed by atoms with Crippen LogP contribution in [0, 0.1) is 0 Å². The van der Waals surface area contributed by atoms with Crippen LogP contribution in [0.1, 0.15) is 10.4 Å². The largest absolute Gasteiger partial charge is 0.492 e. The maximum Gasteiger partial charge on any atom is 0.339 e. The van der Waals surface area contributed by atoms with Crippen LogP contribution in [0.2, 0.25) is 0 Å². The summed E-state index contributed by atoms with van der Waals surface area (Å²) in [7, 11) is 0. The van der Waals surface area contributed by atoms with E-state index in [-0.39, 0.29) is 23.5 Å². The van der Waals surface area contributed by atoms with Gasteiger partial charge in [0, 0.05) is 11.8 Å². The average Bonchev–Trinajstić information content (AvgIpc) is 2.43. The summed E-state index contributed by atoms with van der Waals surface area (Å²) in [5, 5.41) is 9.41. The molecule has 21 heavy (non-hydrogen) atoms. The van der Waals surface area contributed by atoms with Crippen LogP contribution in [0.15, 0.2) is 40.3 Å². The highest BCUT2D eigenvalue weighted by molar-refractivity contribution is 7.99. The zero-order valence-corrected chi connectivity index (χ0v) is 11.7. The summed E-state index contributed by atoms with van der Waals surface area (Å²) in [6, 6.07) is 7.60. The molecule has 0 aliphatic heterocycles. The fourth-order valence-corrected chi connectivity index (χ4v) is 2.28. The molecule has 110 valence electrons. The summed E-state index contributed by atoms with van der Waals surface area (Å²) in [5.74, 6) is -0.0986. The highest BCUT2D eigenvalue weighted by Crippen LogP contribution is 2.19. The second kappa shape index (κ2) is 6.80. The highest BCUT2D eigenvalue weighted by atomic mass is 32.2. The molecule has 0 saturated carbocycles. The Morgan fingerprint density at radius 3 is 2.90 bits per heavy atom. The van der Waals surface area contributed by atoms with Crippen LogP contribution in [-0.4, -0.2) is 33.4 Å². The number of aromatic amines is 1. The Balaban J connectivity index is 1.90. The Kier molecular flexibility index (Phi) is 4.83. The molecular formula is C13H13N3O4S. The number of hydrogen-bond acceptors (Lipinski definition) is 6. The zero-order valence-electron chi connectivity index (χ0n) is 10.9. The van der Waals surface area contributed by atoms with Crippen LogP contribution in [0.3, 0.4) is 0 Å². The molecule has 0 aliphatic carbocycles. The summed E-state index contributed by atoms with van der Waals surface area (Å²) < 4.78 is 5.43. The van der Waals surface area contributed by atoms with Crippen molar-refractivity contribution in [1.29, 1.82) is 0 Å². The van der Waals surface area contributed by atoms with Crippen LogP contribution < -0.4 is 16.0 Å². The molecule has 0 unspecified atom stereocenters. The SMILES string of the molecule is Nc1cc(=O)[nH]c(SCCOc2ccccc2C(=O)O)n1. The number of aromatic carboxylic acids is 1. The van der Waals surface area contributed by atoms with E-state index in [2.05, 4.69) is 9.97 Å². The van der Waals surface area contributed by atoms with E-state index >= 15 is 0 Å². The Bertz CT molecular complexity index is 702. The number of carboxylic acid groups (broad SMARTS) is 1. The number of carbonyl (C=O) groups is 1. The second-order valence-corrected chi connectivity index (χ2v) is 5.06. The van der Waals surface area contributed by atoms with Gasteiger partial charge in [-0.3, -0.25) is 4.79 Å². The molecule has 2 rings (SSSR count). The van der Waals surface area contributed by atoms with E-state index in [0.29, 0.717) is 16.7 Å². The molecule has 1 aromatic heterocycles. The number of nitrogens with two attached hydrogens (primary N) is 1. The van der Waals surface area contributed by atoms with Crippen LogP contribution in [-0.2, 0) is 0 Å². The summed E-state index contributed by atoms with van der Waals surface area (Å²) in [5.41, 5.74) is 5.26. The minimum Gasteiger partial charge on any atom is -0.492 e. The molecule has 0 spiro atoms. The highest BCUT2D eigenvalue weighted by Gasteiger charge is 2.09. The second-order valence-electron chi connectivity index (χ2n) is 3.97. The molecule has 0 bridgehead atoms. The number of ether oxygens (including phenoxy) is 1. The number of anilines is 1. The van der Waals surface area contributed by atoms with E-state index in [4.69, 9.17) is 15.6 Å². The standard InChI is InChI=1S/C13H13N3O4S/c14-10-7-11(17)16-13(15-10)21-6-5-20-9-4-2-1-3-8(9)12(18)19/h1-4,7H,5-6H2,(H,18,19)(H3,14,15,16,17). The van der Waals surface area contributed by atoms with Gasteiger partial charge >= 0.3 is 5.97 Å². The zero-order chi connectivity index (χ0) is 15.2. The van der Waals surface area contributed by atoms with Gasteiger partial charge in [0.25, 0.3) is 5.56 Å². The summed E-state index contributed by atoms with van der Waals surface area (Å²) in [4.78, 5) is 28.7. The van der Waals surface area contributed by atoms with Crippen molar-refractivity contribution in [1.82, 2.24) is 9.97 Å². The fourth-order valence-electron chi connectivity index (χ4n) is 1.58. The van der Waals surface area contributed by atoms with Crippen molar-refractivity contribution in [2.24, 2.45) is 0 Å². The molecule has 0 atom stereocenters. The predicted molar refractivity (Wildman–Crippen MR) is 78.9 cm³/mol. The molecule has 0 saturated heterocycles. The molecule has 4 N–H and O–H groups in total. The van der Waals surface area contributed by atoms with Gasteiger partial charge in [0.2, 0.25) is 0 Å². The monoisotopic (exact) mass is 307 g/mol. The average molecular weight is 307 g/mol. The Morgan fingerprint density at radius 1 is 1.43 bits per heavy atom. The van der Waals surface area contributed by atoms with Crippen LogP contribution in [0.5, 0.6) is 5.75 Å². The first-order valence-corrected chi connectivity index (χ1v) is 6.99. The number of hydrogen-bond donors (Lipinski definition) is 3. The van der Waals surface area contributed by atoms with Gasteiger partial charge in [-0.1, -0.05) is 23.9 Å². The molecule has 7 nitrogen and oxygen atoms in total. The lowest BCUT2D eigenvalue weighted by molar-refractivity contribution is 0.0692. The molecule has 0 radical (unpaired) electrons. The summed E-state index contributed by atoms with van der Waals surface area (Å²) in [6.45, 7) is 0.271. The quantitative estimate of drug-likeness (QED) is 0.417. The van der Waals surface area contributed by atoms with E-state index in [0.717, 1.165) is 0 Å². The predicted octanol–water partition coefficient (Wildman–Crippen LogP) is 1.22. The lowest BCUT2D eigenvalue weighted by atomic mass is 10.2. The summed E-state index contributed by atoms with van der Waals surface area (Å²) in [6.07, 6.45) is 0. The minimum absolute atomic E-state index is 0.109. The number of aromatic nitrogens is 2. The number of carboxylic acids is 1. The van der Waals surface area contributed by atoms with Crippen LogP contribution in [0.25, 0.3) is 0 Å². The normalized spacial score (nSPS) is 10.3. The summed E-state index contributed by atoms with van der Waals surface area (Å²) >= 11 is 1.26. The Labute approximate surface area is 124 Å². The minimum atomic E-state index is -1.04. The molecule has 0 amide bonds. The van der Waals surface area contributed by atoms with E-state index < -0.39 is 5.97 Å². The number of thioether (sulfide) groups is 1. The van der Waals surface area contributed by atoms with Crippen LogP contribution in [0.4, 0.5) is 5.82 Å².